The number of nitrogens with one attached hydrogen (secondary N) is 1. The van der Waals surface area contributed by atoms with Gasteiger partial charge in [-0.1, -0.05) is 17.7 Å². The third-order valence-corrected chi connectivity index (χ3v) is 4.83. The van der Waals surface area contributed by atoms with Gasteiger partial charge in [0, 0.05) is 57.9 Å². The average Bonchev–Trinajstić information content (AvgIpc) is 2.96. The molecule has 1 aromatic rings. The number of likely N-dealkylation sites (tertiary alicyclic amines) is 1. The van der Waals surface area contributed by atoms with Gasteiger partial charge >= 0.3 is 0 Å². The van der Waals surface area contributed by atoms with Crippen molar-refractivity contribution in [3.05, 3.63) is 38.9 Å². The molecule has 0 spiro atoms. The zero-order chi connectivity index (χ0) is 15.5. The monoisotopic (exact) mass is 360 g/mol. The predicted octanol–water partition coefficient (Wildman–Crippen LogP) is 2.15. The van der Waals surface area contributed by atoms with Crippen molar-refractivity contribution < 1.29 is 4.92 Å². The summed E-state index contributed by atoms with van der Waals surface area (Å²) in [6.45, 7) is 7.35. The minimum absolute atomic E-state index is 0. The molecule has 23 heavy (non-hydrogen) atoms. The standard InChI is InChI=1S/C15H21ClN4O2.ClH/c16-14-9-12(1-2-15(14)20(21)22)10-18-6-3-13(11-18)19-7-4-17-5-8-19;/h1-2,9,13,17H,3-8,10-11H2;1H. The lowest BCUT2D eigenvalue weighted by molar-refractivity contribution is -0.384. The Kier molecular flexibility index (Phi) is 6.61. The van der Waals surface area contributed by atoms with Crippen molar-refractivity contribution in [2.75, 3.05) is 39.3 Å². The van der Waals surface area contributed by atoms with Crippen LogP contribution in [0.1, 0.15) is 12.0 Å². The molecular formula is C15H22Cl2N4O2. The fraction of sp³-hybridized carbons (Fsp3) is 0.600. The maximum atomic E-state index is 10.8. The van der Waals surface area contributed by atoms with Gasteiger partial charge in [0.2, 0.25) is 0 Å². The first-order valence-corrected chi connectivity index (χ1v) is 8.11. The highest BCUT2D eigenvalue weighted by Crippen LogP contribution is 2.26. The minimum atomic E-state index is -0.442. The molecule has 1 unspecified atom stereocenters. The molecule has 128 valence electrons. The van der Waals surface area contributed by atoms with Crippen LogP contribution in [0.4, 0.5) is 5.69 Å². The molecule has 0 amide bonds. The number of nitro benzene ring substituents is 1. The van der Waals surface area contributed by atoms with Gasteiger partial charge in [0.1, 0.15) is 5.02 Å². The Morgan fingerprint density at radius 2 is 2.04 bits per heavy atom. The van der Waals surface area contributed by atoms with Crippen LogP contribution >= 0.6 is 24.0 Å². The van der Waals surface area contributed by atoms with E-state index in [2.05, 4.69) is 15.1 Å². The van der Waals surface area contributed by atoms with Gasteiger partial charge in [-0.05, 0) is 18.1 Å². The van der Waals surface area contributed by atoms with Crippen molar-refractivity contribution in [3.63, 3.8) is 0 Å². The molecule has 6 nitrogen and oxygen atoms in total. The highest BCUT2D eigenvalue weighted by molar-refractivity contribution is 6.32. The lowest BCUT2D eigenvalue weighted by Crippen LogP contribution is -2.49. The van der Waals surface area contributed by atoms with E-state index in [-0.39, 0.29) is 23.1 Å². The molecular weight excluding hydrogens is 339 g/mol. The fourth-order valence-electron chi connectivity index (χ4n) is 3.36. The van der Waals surface area contributed by atoms with Crippen LogP contribution in [-0.4, -0.2) is 60.0 Å². The van der Waals surface area contributed by atoms with Gasteiger partial charge in [0.15, 0.2) is 0 Å². The maximum Gasteiger partial charge on any atom is 0.287 e. The molecule has 2 fully saturated rings. The molecule has 2 heterocycles. The van der Waals surface area contributed by atoms with Crippen LogP contribution in [-0.2, 0) is 6.54 Å². The van der Waals surface area contributed by atoms with Gasteiger partial charge in [-0.15, -0.1) is 12.4 Å². The molecule has 0 bridgehead atoms. The van der Waals surface area contributed by atoms with Crippen LogP contribution in [0.2, 0.25) is 5.02 Å². The van der Waals surface area contributed by atoms with Crippen molar-refractivity contribution in [1.29, 1.82) is 0 Å². The Morgan fingerprint density at radius 1 is 1.30 bits per heavy atom. The van der Waals surface area contributed by atoms with Gasteiger partial charge in [-0.3, -0.25) is 19.9 Å². The second kappa shape index (κ2) is 8.26. The molecule has 3 rings (SSSR count). The first-order chi connectivity index (χ1) is 10.6. The Labute approximate surface area is 147 Å². The molecule has 0 aromatic heterocycles. The van der Waals surface area contributed by atoms with E-state index in [1.165, 1.54) is 12.5 Å². The Bertz CT molecular complexity index is 552. The predicted molar refractivity (Wildman–Crippen MR) is 93.5 cm³/mol. The topological polar surface area (TPSA) is 61.7 Å². The zero-order valence-corrected chi connectivity index (χ0v) is 14.5. The summed E-state index contributed by atoms with van der Waals surface area (Å²) in [5.74, 6) is 0. The van der Waals surface area contributed by atoms with Crippen molar-refractivity contribution in [2.45, 2.75) is 19.0 Å². The molecule has 2 aliphatic rings. The number of hydrogen-bond acceptors (Lipinski definition) is 5. The molecule has 1 atom stereocenters. The van der Waals surface area contributed by atoms with E-state index >= 15 is 0 Å². The SMILES string of the molecule is Cl.O=[N+]([O-])c1ccc(CN2CCC(N3CCNCC3)C2)cc1Cl. The second-order valence-electron chi connectivity index (χ2n) is 6.01. The summed E-state index contributed by atoms with van der Waals surface area (Å²) < 4.78 is 0. The third kappa shape index (κ3) is 4.55. The number of halogens is 2. The number of hydrogen-bond donors (Lipinski definition) is 1. The third-order valence-electron chi connectivity index (χ3n) is 4.53. The number of nitro groups is 1. The minimum Gasteiger partial charge on any atom is -0.314 e. The summed E-state index contributed by atoms with van der Waals surface area (Å²) in [4.78, 5) is 15.3. The van der Waals surface area contributed by atoms with Crippen LogP contribution < -0.4 is 5.32 Å². The number of benzene rings is 1. The summed E-state index contributed by atoms with van der Waals surface area (Å²) in [5, 5.41) is 14.4. The van der Waals surface area contributed by atoms with E-state index in [1.54, 1.807) is 6.07 Å². The lowest BCUT2D eigenvalue weighted by Gasteiger charge is -2.32. The molecule has 2 aliphatic heterocycles. The van der Waals surface area contributed by atoms with Crippen LogP contribution in [0.5, 0.6) is 0 Å². The van der Waals surface area contributed by atoms with E-state index in [1.807, 2.05) is 6.07 Å². The van der Waals surface area contributed by atoms with E-state index < -0.39 is 4.92 Å². The molecule has 1 aromatic carbocycles. The molecule has 0 radical (unpaired) electrons. The fourth-order valence-corrected chi connectivity index (χ4v) is 3.63. The van der Waals surface area contributed by atoms with Gasteiger partial charge in [-0.2, -0.15) is 0 Å². The summed E-state index contributed by atoms with van der Waals surface area (Å²) in [5.41, 5.74) is 1.02. The Morgan fingerprint density at radius 3 is 2.70 bits per heavy atom. The number of piperazine rings is 1. The highest BCUT2D eigenvalue weighted by Gasteiger charge is 2.28. The first-order valence-electron chi connectivity index (χ1n) is 7.73. The maximum absolute atomic E-state index is 10.8. The van der Waals surface area contributed by atoms with Crippen molar-refractivity contribution in [1.82, 2.24) is 15.1 Å². The molecule has 1 N–H and O–H groups in total. The van der Waals surface area contributed by atoms with Crippen LogP contribution in [0.25, 0.3) is 0 Å². The van der Waals surface area contributed by atoms with Gasteiger partial charge < -0.3 is 5.32 Å². The summed E-state index contributed by atoms with van der Waals surface area (Å²) in [7, 11) is 0. The van der Waals surface area contributed by atoms with Crippen molar-refractivity contribution in [2.24, 2.45) is 0 Å². The van der Waals surface area contributed by atoms with Gasteiger partial charge in [0.05, 0.1) is 4.92 Å². The highest BCUT2D eigenvalue weighted by atomic mass is 35.5. The Hall–Kier alpha value is -0.920. The van der Waals surface area contributed by atoms with Crippen molar-refractivity contribution >= 4 is 29.7 Å². The quantitative estimate of drug-likeness (QED) is 0.658. The normalized spacial score (nSPS) is 22.7. The number of nitrogens with zero attached hydrogens (tertiary/aromatic N) is 3. The van der Waals surface area contributed by atoms with Crippen LogP contribution in [0.15, 0.2) is 18.2 Å². The van der Waals surface area contributed by atoms with Crippen LogP contribution in [0, 0.1) is 10.1 Å². The van der Waals surface area contributed by atoms with Gasteiger partial charge in [0.25, 0.3) is 5.69 Å². The first kappa shape index (κ1) is 18.4. The van der Waals surface area contributed by atoms with Crippen LogP contribution in [0.3, 0.4) is 0 Å². The average molecular weight is 361 g/mol. The summed E-state index contributed by atoms with van der Waals surface area (Å²) in [6.07, 6.45) is 1.20. The zero-order valence-electron chi connectivity index (χ0n) is 12.9. The van der Waals surface area contributed by atoms with E-state index in [0.29, 0.717) is 6.04 Å². The summed E-state index contributed by atoms with van der Waals surface area (Å²) in [6, 6.07) is 5.66. The molecule has 0 saturated carbocycles. The lowest BCUT2D eigenvalue weighted by atomic mass is 10.2. The smallest absolute Gasteiger partial charge is 0.287 e. The molecule has 2 saturated heterocycles. The van der Waals surface area contributed by atoms with Crippen molar-refractivity contribution in [3.8, 4) is 0 Å². The van der Waals surface area contributed by atoms with E-state index in [4.69, 9.17) is 11.6 Å². The number of rotatable bonds is 4. The summed E-state index contributed by atoms with van der Waals surface area (Å²) >= 11 is 5.98. The molecule has 8 heteroatoms. The largest absolute Gasteiger partial charge is 0.314 e. The van der Waals surface area contributed by atoms with E-state index in [9.17, 15) is 10.1 Å². The van der Waals surface area contributed by atoms with Gasteiger partial charge in [-0.25, -0.2) is 0 Å². The molecule has 0 aliphatic carbocycles. The Balaban J connectivity index is 0.00000192. The van der Waals surface area contributed by atoms with E-state index in [0.717, 1.165) is 51.4 Å². The second-order valence-corrected chi connectivity index (χ2v) is 6.41.